The molecule has 0 unspecified atom stereocenters. The molecule has 2 atom stereocenters. The maximum absolute atomic E-state index is 4.36. The van der Waals surface area contributed by atoms with Crippen molar-refractivity contribution in [3.63, 3.8) is 0 Å². The Morgan fingerprint density at radius 1 is 1.09 bits per heavy atom. The first kappa shape index (κ1) is 15.0. The zero-order valence-corrected chi connectivity index (χ0v) is 13.7. The highest BCUT2D eigenvalue weighted by Gasteiger charge is 2.57. The summed E-state index contributed by atoms with van der Waals surface area (Å²) in [4.78, 5) is 10.6. The van der Waals surface area contributed by atoms with Gasteiger partial charge < -0.3 is 10.2 Å². The van der Waals surface area contributed by atoms with Crippen molar-refractivity contribution in [3.05, 3.63) is 53.9 Å². The van der Waals surface area contributed by atoms with Gasteiger partial charge in [0.15, 0.2) is 0 Å². The van der Waals surface area contributed by atoms with Crippen molar-refractivity contribution < 1.29 is 0 Å². The van der Waals surface area contributed by atoms with E-state index in [9.17, 15) is 0 Å². The second-order valence-corrected chi connectivity index (χ2v) is 6.85. The van der Waals surface area contributed by atoms with E-state index in [4.69, 9.17) is 0 Å². The van der Waals surface area contributed by atoms with E-state index in [2.05, 4.69) is 59.5 Å². The summed E-state index contributed by atoms with van der Waals surface area (Å²) in [5.74, 6) is 1.33. The molecule has 1 N–H and O–H groups in total. The fraction of sp³-hybridized carbons (Fsp3) is 0.444. The molecule has 0 saturated heterocycles. The first-order chi connectivity index (χ1) is 10.5. The summed E-state index contributed by atoms with van der Waals surface area (Å²) >= 11 is 0. The number of nitrogens with zero attached hydrogens (tertiary/aromatic N) is 3. The van der Waals surface area contributed by atoms with Crippen LogP contribution in [0.1, 0.15) is 30.9 Å². The predicted octanol–water partition coefficient (Wildman–Crippen LogP) is 2.82. The lowest BCUT2D eigenvalue weighted by atomic mass is 10.0. The number of nitrogens with one attached hydrogen (secondary N) is 1. The smallest absolute Gasteiger partial charge is 0.224 e. The number of rotatable bonds is 5. The molecule has 1 aromatic heterocycles. The highest BCUT2D eigenvalue weighted by atomic mass is 15.2. The molecule has 1 fully saturated rings. The van der Waals surface area contributed by atoms with E-state index in [0.29, 0.717) is 17.4 Å². The van der Waals surface area contributed by atoms with E-state index in [1.165, 1.54) is 5.56 Å². The Balaban J connectivity index is 1.62. The van der Waals surface area contributed by atoms with E-state index in [1.54, 1.807) is 0 Å². The molecule has 1 heterocycles. The van der Waals surface area contributed by atoms with Crippen molar-refractivity contribution in [2.45, 2.75) is 32.4 Å². The average Bonchev–Trinajstić information content (AvgIpc) is 3.07. The summed E-state index contributed by atoms with van der Waals surface area (Å²) in [5.41, 5.74) is 2.84. The van der Waals surface area contributed by atoms with Crippen LogP contribution in [-0.2, 0) is 6.54 Å². The molecule has 0 bridgehead atoms. The van der Waals surface area contributed by atoms with E-state index >= 15 is 0 Å². The summed E-state index contributed by atoms with van der Waals surface area (Å²) in [6.45, 7) is 5.47. The Labute approximate surface area is 132 Å². The molecule has 0 aliphatic heterocycles. The number of benzene rings is 1. The van der Waals surface area contributed by atoms with Gasteiger partial charge in [0.25, 0.3) is 0 Å². The van der Waals surface area contributed by atoms with Gasteiger partial charge in [0.1, 0.15) is 0 Å². The van der Waals surface area contributed by atoms with E-state index in [1.807, 2.05) is 31.4 Å². The van der Waals surface area contributed by atoms with Crippen LogP contribution < -0.4 is 10.2 Å². The lowest BCUT2D eigenvalue weighted by Crippen LogP contribution is -2.21. The summed E-state index contributed by atoms with van der Waals surface area (Å²) in [6.07, 6.45) is 3.81. The molecule has 0 radical (unpaired) electrons. The Kier molecular flexibility index (Phi) is 3.87. The summed E-state index contributed by atoms with van der Waals surface area (Å²) in [5, 5.41) is 3.67. The van der Waals surface area contributed by atoms with Crippen LogP contribution >= 0.6 is 0 Å². The van der Waals surface area contributed by atoms with Crippen LogP contribution in [0.2, 0.25) is 0 Å². The number of anilines is 1. The van der Waals surface area contributed by atoms with Crippen LogP contribution in [0.25, 0.3) is 0 Å². The SMILES string of the molecule is CN(C)c1ncc(CN[C@H]2[C@H](c3ccccc3)C2(C)C)cn1. The lowest BCUT2D eigenvalue weighted by molar-refractivity contribution is 0.538. The van der Waals surface area contributed by atoms with Crippen LogP contribution in [0.5, 0.6) is 0 Å². The fourth-order valence-electron chi connectivity index (χ4n) is 3.20. The van der Waals surface area contributed by atoms with Crippen LogP contribution in [0, 0.1) is 5.41 Å². The molecule has 0 amide bonds. The van der Waals surface area contributed by atoms with Gasteiger partial charge in [-0.05, 0) is 11.0 Å². The molecule has 4 nitrogen and oxygen atoms in total. The van der Waals surface area contributed by atoms with Crippen molar-refractivity contribution in [3.8, 4) is 0 Å². The molecule has 1 aliphatic carbocycles. The quantitative estimate of drug-likeness (QED) is 0.921. The van der Waals surface area contributed by atoms with Gasteiger partial charge in [-0.15, -0.1) is 0 Å². The Morgan fingerprint density at radius 2 is 1.73 bits per heavy atom. The predicted molar refractivity (Wildman–Crippen MR) is 90.0 cm³/mol. The topological polar surface area (TPSA) is 41.1 Å². The monoisotopic (exact) mass is 296 g/mol. The Hall–Kier alpha value is -1.94. The van der Waals surface area contributed by atoms with E-state index in [0.717, 1.165) is 18.1 Å². The molecular formula is C18H24N4. The minimum Gasteiger partial charge on any atom is -0.347 e. The highest BCUT2D eigenvalue weighted by Crippen LogP contribution is 2.58. The minimum absolute atomic E-state index is 0.297. The molecule has 22 heavy (non-hydrogen) atoms. The van der Waals surface area contributed by atoms with E-state index in [-0.39, 0.29) is 0 Å². The maximum Gasteiger partial charge on any atom is 0.224 e. The Morgan fingerprint density at radius 3 is 2.32 bits per heavy atom. The largest absolute Gasteiger partial charge is 0.347 e. The molecule has 1 saturated carbocycles. The third-order valence-corrected chi connectivity index (χ3v) is 4.60. The van der Waals surface area contributed by atoms with Gasteiger partial charge in [0.05, 0.1) is 0 Å². The molecule has 1 aromatic carbocycles. The van der Waals surface area contributed by atoms with Crippen molar-refractivity contribution in [2.75, 3.05) is 19.0 Å². The van der Waals surface area contributed by atoms with Crippen LogP contribution in [0.4, 0.5) is 5.95 Å². The third kappa shape index (κ3) is 2.83. The van der Waals surface area contributed by atoms with Crippen molar-refractivity contribution >= 4 is 5.95 Å². The van der Waals surface area contributed by atoms with Crippen molar-refractivity contribution in [1.29, 1.82) is 0 Å². The van der Waals surface area contributed by atoms with Crippen LogP contribution in [0.15, 0.2) is 42.7 Å². The number of hydrogen-bond donors (Lipinski definition) is 1. The third-order valence-electron chi connectivity index (χ3n) is 4.60. The molecule has 3 rings (SSSR count). The van der Waals surface area contributed by atoms with Crippen LogP contribution in [-0.4, -0.2) is 30.1 Å². The molecular weight excluding hydrogens is 272 g/mol. The first-order valence-corrected chi connectivity index (χ1v) is 7.76. The van der Waals surface area contributed by atoms with Crippen LogP contribution in [0.3, 0.4) is 0 Å². The number of hydrogen-bond acceptors (Lipinski definition) is 4. The Bertz CT molecular complexity index is 619. The maximum atomic E-state index is 4.36. The fourth-order valence-corrected chi connectivity index (χ4v) is 3.20. The molecule has 4 heteroatoms. The number of aromatic nitrogens is 2. The minimum atomic E-state index is 0.297. The summed E-state index contributed by atoms with van der Waals surface area (Å²) in [7, 11) is 3.90. The lowest BCUT2D eigenvalue weighted by Gasteiger charge is -2.10. The summed E-state index contributed by atoms with van der Waals surface area (Å²) < 4.78 is 0. The van der Waals surface area contributed by atoms with Gasteiger partial charge >= 0.3 is 0 Å². The van der Waals surface area contributed by atoms with Gasteiger partial charge in [0, 0.05) is 50.6 Å². The van der Waals surface area contributed by atoms with Gasteiger partial charge in [0.2, 0.25) is 5.95 Å². The van der Waals surface area contributed by atoms with E-state index < -0.39 is 0 Å². The van der Waals surface area contributed by atoms with Gasteiger partial charge in [-0.25, -0.2) is 9.97 Å². The zero-order valence-electron chi connectivity index (χ0n) is 13.7. The van der Waals surface area contributed by atoms with Gasteiger partial charge in [-0.2, -0.15) is 0 Å². The molecule has 2 aromatic rings. The van der Waals surface area contributed by atoms with Gasteiger partial charge in [-0.3, -0.25) is 0 Å². The zero-order chi connectivity index (χ0) is 15.7. The second-order valence-electron chi connectivity index (χ2n) is 6.85. The first-order valence-electron chi connectivity index (χ1n) is 7.76. The average molecular weight is 296 g/mol. The second kappa shape index (κ2) is 5.69. The van der Waals surface area contributed by atoms with Crippen molar-refractivity contribution in [2.24, 2.45) is 5.41 Å². The summed E-state index contributed by atoms with van der Waals surface area (Å²) in [6, 6.07) is 11.3. The molecule has 0 spiro atoms. The molecule has 1 aliphatic rings. The molecule has 116 valence electrons. The van der Waals surface area contributed by atoms with Gasteiger partial charge in [-0.1, -0.05) is 44.2 Å². The highest BCUT2D eigenvalue weighted by molar-refractivity contribution is 5.34. The van der Waals surface area contributed by atoms with Crippen molar-refractivity contribution in [1.82, 2.24) is 15.3 Å². The normalized spacial score (nSPS) is 22.4. The standard InChI is InChI=1S/C18H24N4/c1-18(2)15(14-8-6-5-7-9-14)16(18)19-10-13-11-20-17(21-12-13)22(3)4/h5-9,11-12,15-16,19H,10H2,1-4H3/t15-,16-/m0/s1.